The van der Waals surface area contributed by atoms with Crippen LogP contribution in [0.1, 0.15) is 27.8 Å². The van der Waals surface area contributed by atoms with Gasteiger partial charge in [-0.25, -0.2) is 8.42 Å². The average molecular weight is 585 g/mol. The SMILES string of the molecule is Cc1cc([N+](=O)[O-])cc(C)c1N.Cc1ccc(S(=O)(=O)Nc2c(C)cc([N+](=O)[O-])cc2C)cc1.O=S(=O)(O)O. The van der Waals surface area contributed by atoms with Gasteiger partial charge in [-0.15, -0.1) is 0 Å². The Labute approximate surface area is 225 Å². The number of sulfonamides is 1. The molecule has 0 aliphatic rings. The molecule has 0 aliphatic carbocycles. The number of nitro benzene ring substituents is 2. The van der Waals surface area contributed by atoms with Crippen molar-refractivity contribution in [3.63, 3.8) is 0 Å². The largest absolute Gasteiger partial charge is 0.398 e. The molecule has 3 rings (SSSR count). The van der Waals surface area contributed by atoms with E-state index in [9.17, 15) is 28.6 Å². The molecule has 0 bridgehead atoms. The van der Waals surface area contributed by atoms with E-state index in [2.05, 4.69) is 4.72 Å². The maximum Gasteiger partial charge on any atom is 0.394 e. The Morgan fingerprint density at radius 3 is 1.38 bits per heavy atom. The van der Waals surface area contributed by atoms with Crippen molar-refractivity contribution in [3.05, 3.63) is 96.6 Å². The molecule has 0 saturated carbocycles. The molecular formula is C23H28N4O10S2. The third-order valence-electron chi connectivity index (χ3n) is 5.09. The van der Waals surface area contributed by atoms with E-state index in [1.165, 1.54) is 36.4 Å². The summed E-state index contributed by atoms with van der Waals surface area (Å²) in [6, 6.07) is 12.1. The Bertz CT molecular complexity index is 1530. The highest BCUT2D eigenvalue weighted by molar-refractivity contribution is 7.92. The van der Waals surface area contributed by atoms with Gasteiger partial charge in [-0.1, -0.05) is 17.7 Å². The molecule has 0 amide bonds. The summed E-state index contributed by atoms with van der Waals surface area (Å²) in [5.74, 6) is 0. The third kappa shape index (κ3) is 10.6. The fourth-order valence-electron chi connectivity index (χ4n) is 3.17. The highest BCUT2D eigenvalue weighted by atomic mass is 32.3. The first kappa shape index (κ1) is 32.9. The first-order valence-corrected chi connectivity index (χ1v) is 13.7. The lowest BCUT2D eigenvalue weighted by Crippen LogP contribution is -2.14. The van der Waals surface area contributed by atoms with Gasteiger partial charge in [0.15, 0.2) is 0 Å². The monoisotopic (exact) mass is 584 g/mol. The number of rotatable bonds is 5. The second kappa shape index (κ2) is 13.1. The minimum atomic E-state index is -4.67. The topological polar surface area (TPSA) is 233 Å². The number of non-ortho nitro benzene ring substituents is 2. The summed E-state index contributed by atoms with van der Waals surface area (Å²) < 4.78 is 58.9. The lowest BCUT2D eigenvalue weighted by atomic mass is 10.1. The first-order valence-electron chi connectivity index (χ1n) is 10.8. The number of nitrogens with zero attached hydrogens (tertiary/aromatic N) is 2. The molecular weight excluding hydrogens is 556 g/mol. The summed E-state index contributed by atoms with van der Waals surface area (Å²) in [6.07, 6.45) is 0. The zero-order chi connectivity index (χ0) is 30.3. The van der Waals surface area contributed by atoms with Crippen LogP contribution in [0.5, 0.6) is 0 Å². The van der Waals surface area contributed by atoms with Crippen molar-refractivity contribution < 1.29 is 35.8 Å². The summed E-state index contributed by atoms with van der Waals surface area (Å²) in [5.41, 5.74) is 10.1. The van der Waals surface area contributed by atoms with Crippen molar-refractivity contribution in [1.29, 1.82) is 0 Å². The van der Waals surface area contributed by atoms with Crippen LogP contribution in [0.4, 0.5) is 22.7 Å². The minimum absolute atomic E-state index is 0.0618. The van der Waals surface area contributed by atoms with Crippen molar-refractivity contribution >= 4 is 43.2 Å². The molecule has 0 saturated heterocycles. The van der Waals surface area contributed by atoms with Gasteiger partial charge in [-0.05, 0) is 69.0 Å². The van der Waals surface area contributed by atoms with E-state index >= 15 is 0 Å². The van der Waals surface area contributed by atoms with Crippen molar-refractivity contribution in [2.75, 3.05) is 10.5 Å². The van der Waals surface area contributed by atoms with Crippen LogP contribution in [0, 0.1) is 54.8 Å². The van der Waals surface area contributed by atoms with Gasteiger partial charge in [0.2, 0.25) is 0 Å². The molecule has 0 unspecified atom stereocenters. The van der Waals surface area contributed by atoms with Crippen molar-refractivity contribution in [2.24, 2.45) is 0 Å². The number of hydrogen-bond donors (Lipinski definition) is 4. The van der Waals surface area contributed by atoms with Gasteiger partial charge in [0.1, 0.15) is 0 Å². The van der Waals surface area contributed by atoms with Crippen LogP contribution < -0.4 is 10.5 Å². The summed E-state index contributed by atoms with van der Waals surface area (Å²) in [7, 11) is -8.39. The number of anilines is 2. The van der Waals surface area contributed by atoms with Gasteiger partial charge in [-0.2, -0.15) is 8.42 Å². The predicted octanol–water partition coefficient (Wildman–Crippen LogP) is 4.46. The number of nitro groups is 2. The van der Waals surface area contributed by atoms with Crippen LogP contribution in [0.3, 0.4) is 0 Å². The molecule has 0 atom stereocenters. The van der Waals surface area contributed by atoms with Crippen LogP contribution in [0.25, 0.3) is 0 Å². The van der Waals surface area contributed by atoms with Gasteiger partial charge in [-0.3, -0.25) is 34.1 Å². The molecule has 39 heavy (non-hydrogen) atoms. The summed E-state index contributed by atoms with van der Waals surface area (Å²) >= 11 is 0. The number of benzene rings is 3. The van der Waals surface area contributed by atoms with E-state index in [1.807, 2.05) is 6.92 Å². The van der Waals surface area contributed by atoms with Gasteiger partial charge in [0.05, 0.1) is 20.4 Å². The Morgan fingerprint density at radius 1 is 0.718 bits per heavy atom. The fraction of sp³-hybridized carbons (Fsp3) is 0.217. The first-order chi connectivity index (χ1) is 17.7. The molecule has 3 aromatic rings. The average Bonchev–Trinajstić information content (AvgIpc) is 2.79. The number of aryl methyl sites for hydroxylation is 5. The number of hydrogen-bond acceptors (Lipinski definition) is 9. The zero-order valence-corrected chi connectivity index (χ0v) is 23.2. The number of nitrogen functional groups attached to an aromatic ring is 1. The van der Waals surface area contributed by atoms with Crippen molar-refractivity contribution in [3.8, 4) is 0 Å². The lowest BCUT2D eigenvalue weighted by Gasteiger charge is -2.13. The van der Waals surface area contributed by atoms with Crippen LogP contribution in [-0.4, -0.2) is 35.8 Å². The number of nitrogens with two attached hydrogens (primary N) is 1. The smallest absolute Gasteiger partial charge is 0.394 e. The Kier molecular flexibility index (Phi) is 11.1. The van der Waals surface area contributed by atoms with E-state index in [1.54, 1.807) is 39.8 Å². The van der Waals surface area contributed by atoms with Crippen LogP contribution >= 0.6 is 0 Å². The van der Waals surface area contributed by atoms with Crippen LogP contribution in [-0.2, 0) is 20.4 Å². The molecule has 5 N–H and O–H groups in total. The molecule has 0 heterocycles. The molecule has 3 aromatic carbocycles. The molecule has 0 spiro atoms. The Morgan fingerprint density at radius 2 is 1.05 bits per heavy atom. The predicted molar refractivity (Wildman–Crippen MR) is 146 cm³/mol. The fourth-order valence-corrected chi connectivity index (χ4v) is 4.38. The quantitative estimate of drug-likeness (QED) is 0.141. The van der Waals surface area contributed by atoms with Crippen LogP contribution in [0.15, 0.2) is 53.4 Å². The highest BCUT2D eigenvalue weighted by Gasteiger charge is 2.19. The Hall–Kier alpha value is -4.12. The molecule has 212 valence electrons. The van der Waals surface area contributed by atoms with Gasteiger partial charge in [0, 0.05) is 30.0 Å². The Balaban J connectivity index is 0.000000373. The van der Waals surface area contributed by atoms with Gasteiger partial charge < -0.3 is 5.73 Å². The number of nitrogens with one attached hydrogen (secondary N) is 1. The van der Waals surface area contributed by atoms with E-state index in [-0.39, 0.29) is 16.3 Å². The second-order valence-electron chi connectivity index (χ2n) is 8.33. The standard InChI is InChI=1S/C15H16N2O4S.C8H10N2O2.H2O4S/c1-10-4-6-14(7-5-10)22(20,21)16-15-11(2)8-13(17(18)19)9-12(15)3;1-5-3-7(10(11)12)4-6(2)8(5)9;1-5(2,3)4/h4-9,16H,1-3H3;3-4H,9H2,1-2H3;(H2,1,2,3,4). The molecule has 16 heteroatoms. The van der Waals surface area contributed by atoms with E-state index in [0.717, 1.165) is 16.7 Å². The molecule has 0 fully saturated rings. The molecule has 0 radical (unpaired) electrons. The summed E-state index contributed by atoms with van der Waals surface area (Å²) in [4.78, 5) is 20.4. The second-order valence-corrected chi connectivity index (χ2v) is 10.9. The normalized spacial score (nSPS) is 10.8. The van der Waals surface area contributed by atoms with E-state index < -0.39 is 30.3 Å². The van der Waals surface area contributed by atoms with Crippen molar-refractivity contribution in [1.82, 2.24) is 0 Å². The highest BCUT2D eigenvalue weighted by Crippen LogP contribution is 2.28. The third-order valence-corrected chi connectivity index (χ3v) is 6.45. The summed E-state index contributed by atoms with van der Waals surface area (Å²) in [5, 5.41) is 21.2. The van der Waals surface area contributed by atoms with E-state index in [4.69, 9.17) is 23.3 Å². The maximum atomic E-state index is 12.4. The molecule has 0 aliphatic heterocycles. The van der Waals surface area contributed by atoms with Gasteiger partial charge in [0.25, 0.3) is 21.4 Å². The van der Waals surface area contributed by atoms with E-state index in [0.29, 0.717) is 22.5 Å². The lowest BCUT2D eigenvalue weighted by molar-refractivity contribution is -0.385. The maximum absolute atomic E-state index is 12.4. The van der Waals surface area contributed by atoms with Crippen molar-refractivity contribution in [2.45, 2.75) is 39.5 Å². The molecule has 0 aromatic heterocycles. The van der Waals surface area contributed by atoms with Crippen LogP contribution in [0.2, 0.25) is 0 Å². The summed E-state index contributed by atoms with van der Waals surface area (Å²) in [6.45, 7) is 8.65. The zero-order valence-electron chi connectivity index (χ0n) is 21.6. The minimum Gasteiger partial charge on any atom is -0.398 e. The molecule has 14 nitrogen and oxygen atoms in total. The van der Waals surface area contributed by atoms with Gasteiger partial charge >= 0.3 is 10.4 Å².